The van der Waals surface area contributed by atoms with Crippen molar-refractivity contribution in [3.8, 4) is 0 Å². The lowest BCUT2D eigenvalue weighted by Crippen LogP contribution is -2.50. The van der Waals surface area contributed by atoms with Crippen molar-refractivity contribution in [2.24, 2.45) is 0 Å². The second kappa shape index (κ2) is 4.24. The van der Waals surface area contributed by atoms with E-state index in [4.69, 9.17) is 5.73 Å². The molecule has 1 aliphatic carbocycles. The topological polar surface area (TPSA) is 72.2 Å². The van der Waals surface area contributed by atoms with Crippen LogP contribution in [0.15, 0.2) is 17.0 Å². The molecule has 0 heterocycles. The molecule has 1 aliphatic rings. The summed E-state index contributed by atoms with van der Waals surface area (Å²) in [7, 11) is -3.48. The van der Waals surface area contributed by atoms with E-state index in [0.29, 0.717) is 10.6 Å². The number of anilines is 1. The highest BCUT2D eigenvalue weighted by atomic mass is 32.2. The van der Waals surface area contributed by atoms with Crippen molar-refractivity contribution in [2.45, 2.75) is 50.5 Å². The molecule has 0 aliphatic heterocycles. The molecule has 1 aromatic rings. The van der Waals surface area contributed by atoms with Crippen LogP contribution in [0, 0.1) is 13.8 Å². The zero-order valence-electron chi connectivity index (χ0n) is 11.1. The van der Waals surface area contributed by atoms with Gasteiger partial charge in [0.15, 0.2) is 0 Å². The number of hydrogen-bond acceptors (Lipinski definition) is 3. The molecule has 0 radical (unpaired) electrons. The van der Waals surface area contributed by atoms with Crippen molar-refractivity contribution >= 4 is 15.7 Å². The van der Waals surface area contributed by atoms with Crippen LogP contribution < -0.4 is 10.5 Å². The monoisotopic (exact) mass is 268 g/mol. The summed E-state index contributed by atoms with van der Waals surface area (Å²) in [6.45, 7) is 5.63. The minimum Gasteiger partial charge on any atom is -0.399 e. The minimum absolute atomic E-state index is 0.288. The van der Waals surface area contributed by atoms with E-state index in [2.05, 4.69) is 4.72 Å². The zero-order valence-corrected chi connectivity index (χ0v) is 11.9. The SMILES string of the molecule is Cc1cc(N)cc(S(=O)(=O)NC2(C)CCC2)c1C. The van der Waals surface area contributed by atoms with Crippen LogP contribution in [0.25, 0.3) is 0 Å². The fraction of sp³-hybridized carbons (Fsp3) is 0.538. The standard InChI is InChI=1S/C13H20N2O2S/c1-9-7-11(14)8-12(10(9)2)18(16,17)15-13(3)5-4-6-13/h7-8,15H,4-6,14H2,1-3H3. The molecule has 2 rings (SSSR count). The molecule has 0 bridgehead atoms. The van der Waals surface area contributed by atoms with E-state index in [0.717, 1.165) is 30.4 Å². The summed E-state index contributed by atoms with van der Waals surface area (Å²) in [5.41, 5.74) is 7.60. The predicted molar refractivity (Wildman–Crippen MR) is 72.9 cm³/mol. The Bertz CT molecular complexity index is 575. The Labute approximate surface area is 109 Å². The zero-order chi connectivity index (χ0) is 13.6. The van der Waals surface area contributed by atoms with Gasteiger partial charge in [0.05, 0.1) is 4.90 Å². The summed E-state index contributed by atoms with van der Waals surface area (Å²) in [4.78, 5) is 0.299. The lowest BCUT2D eigenvalue weighted by atomic mass is 9.80. The van der Waals surface area contributed by atoms with Crippen molar-refractivity contribution < 1.29 is 8.42 Å². The average Bonchev–Trinajstić information content (AvgIpc) is 2.20. The first kappa shape index (κ1) is 13.4. The molecular weight excluding hydrogens is 248 g/mol. The van der Waals surface area contributed by atoms with Gasteiger partial charge >= 0.3 is 0 Å². The van der Waals surface area contributed by atoms with E-state index in [-0.39, 0.29) is 5.54 Å². The molecular formula is C13H20N2O2S. The third-order valence-corrected chi connectivity index (χ3v) is 5.53. The fourth-order valence-electron chi connectivity index (χ4n) is 2.32. The second-order valence-electron chi connectivity index (χ2n) is 5.48. The van der Waals surface area contributed by atoms with Gasteiger partial charge in [-0.1, -0.05) is 0 Å². The van der Waals surface area contributed by atoms with Gasteiger partial charge in [-0.25, -0.2) is 13.1 Å². The Morgan fingerprint density at radius 3 is 2.39 bits per heavy atom. The highest BCUT2D eigenvalue weighted by molar-refractivity contribution is 7.89. The molecule has 3 N–H and O–H groups in total. The molecule has 0 spiro atoms. The largest absolute Gasteiger partial charge is 0.399 e. The van der Waals surface area contributed by atoms with Crippen LogP contribution in [0.2, 0.25) is 0 Å². The highest BCUT2D eigenvalue weighted by Gasteiger charge is 2.36. The predicted octanol–water partition coefficient (Wildman–Crippen LogP) is 2.11. The van der Waals surface area contributed by atoms with Gasteiger partial charge in [0.2, 0.25) is 10.0 Å². The smallest absolute Gasteiger partial charge is 0.241 e. The van der Waals surface area contributed by atoms with Gasteiger partial charge in [-0.2, -0.15) is 0 Å². The first-order valence-corrected chi connectivity index (χ1v) is 7.63. The first-order valence-electron chi connectivity index (χ1n) is 6.14. The number of hydrogen-bond donors (Lipinski definition) is 2. The van der Waals surface area contributed by atoms with Crippen molar-refractivity contribution in [1.82, 2.24) is 4.72 Å². The molecule has 0 atom stereocenters. The molecule has 5 heteroatoms. The molecule has 1 aromatic carbocycles. The fourth-order valence-corrected chi connectivity index (χ4v) is 4.14. The van der Waals surface area contributed by atoms with Crippen LogP contribution in [0.4, 0.5) is 5.69 Å². The number of nitrogens with one attached hydrogen (secondary N) is 1. The van der Waals surface area contributed by atoms with Gasteiger partial charge in [-0.3, -0.25) is 0 Å². The summed E-state index contributed by atoms with van der Waals surface area (Å²) in [6, 6.07) is 3.33. The molecule has 100 valence electrons. The molecule has 4 nitrogen and oxygen atoms in total. The van der Waals surface area contributed by atoms with Crippen LogP contribution in [-0.4, -0.2) is 14.0 Å². The van der Waals surface area contributed by atoms with Crippen molar-refractivity contribution in [3.63, 3.8) is 0 Å². The van der Waals surface area contributed by atoms with Crippen LogP contribution >= 0.6 is 0 Å². The Morgan fingerprint density at radius 2 is 1.89 bits per heavy atom. The van der Waals surface area contributed by atoms with E-state index in [1.54, 1.807) is 6.07 Å². The maximum Gasteiger partial charge on any atom is 0.241 e. The third-order valence-electron chi connectivity index (χ3n) is 3.77. The van der Waals surface area contributed by atoms with Crippen molar-refractivity contribution in [1.29, 1.82) is 0 Å². The molecule has 1 fully saturated rings. The van der Waals surface area contributed by atoms with E-state index in [1.165, 1.54) is 6.07 Å². The maximum absolute atomic E-state index is 12.4. The highest BCUT2D eigenvalue weighted by Crippen LogP contribution is 2.33. The Hall–Kier alpha value is -1.07. The summed E-state index contributed by atoms with van der Waals surface area (Å²) < 4.78 is 27.6. The van der Waals surface area contributed by atoms with E-state index in [9.17, 15) is 8.42 Å². The van der Waals surface area contributed by atoms with Crippen LogP contribution in [0.1, 0.15) is 37.3 Å². The Balaban J connectivity index is 2.41. The lowest BCUT2D eigenvalue weighted by Gasteiger charge is -2.38. The molecule has 0 amide bonds. The number of nitrogens with two attached hydrogens (primary N) is 1. The van der Waals surface area contributed by atoms with Gasteiger partial charge in [0.1, 0.15) is 0 Å². The minimum atomic E-state index is -3.48. The third kappa shape index (κ3) is 2.37. The number of aryl methyl sites for hydroxylation is 1. The van der Waals surface area contributed by atoms with E-state index >= 15 is 0 Å². The van der Waals surface area contributed by atoms with Gasteiger partial charge in [-0.05, 0) is 63.3 Å². The summed E-state index contributed by atoms with van der Waals surface area (Å²) in [5.74, 6) is 0. The van der Waals surface area contributed by atoms with E-state index < -0.39 is 10.0 Å². The molecule has 0 saturated heterocycles. The van der Waals surface area contributed by atoms with Crippen LogP contribution in [0.3, 0.4) is 0 Å². The van der Waals surface area contributed by atoms with Crippen LogP contribution in [-0.2, 0) is 10.0 Å². The van der Waals surface area contributed by atoms with Gasteiger partial charge in [0, 0.05) is 11.2 Å². The molecule has 1 saturated carbocycles. The number of benzene rings is 1. The second-order valence-corrected chi connectivity index (χ2v) is 7.13. The number of nitrogen functional groups attached to an aromatic ring is 1. The average molecular weight is 268 g/mol. The Kier molecular flexibility index (Phi) is 3.15. The van der Waals surface area contributed by atoms with Gasteiger partial charge < -0.3 is 5.73 Å². The maximum atomic E-state index is 12.4. The first-order chi connectivity index (χ1) is 8.23. The Morgan fingerprint density at radius 1 is 1.28 bits per heavy atom. The van der Waals surface area contributed by atoms with Gasteiger partial charge in [-0.15, -0.1) is 0 Å². The van der Waals surface area contributed by atoms with Crippen molar-refractivity contribution in [2.75, 3.05) is 5.73 Å². The summed E-state index contributed by atoms with van der Waals surface area (Å²) >= 11 is 0. The van der Waals surface area contributed by atoms with Crippen LogP contribution in [0.5, 0.6) is 0 Å². The number of sulfonamides is 1. The van der Waals surface area contributed by atoms with Crippen molar-refractivity contribution in [3.05, 3.63) is 23.3 Å². The number of rotatable bonds is 3. The quantitative estimate of drug-likeness (QED) is 0.825. The summed E-state index contributed by atoms with van der Waals surface area (Å²) in [6.07, 6.45) is 2.87. The van der Waals surface area contributed by atoms with E-state index in [1.807, 2.05) is 20.8 Å². The summed E-state index contributed by atoms with van der Waals surface area (Å²) in [5, 5.41) is 0. The van der Waals surface area contributed by atoms with Gasteiger partial charge in [0.25, 0.3) is 0 Å². The lowest BCUT2D eigenvalue weighted by molar-refractivity contribution is 0.248. The molecule has 18 heavy (non-hydrogen) atoms. The molecule has 0 unspecified atom stereocenters. The molecule has 0 aromatic heterocycles. The normalized spacial score (nSPS) is 18.4.